The molecule has 228 valence electrons. The van der Waals surface area contributed by atoms with E-state index in [0.29, 0.717) is 18.1 Å². The molecule has 39 heavy (non-hydrogen) atoms. The second kappa shape index (κ2) is 24.2. The molecule has 3 atom stereocenters. The summed E-state index contributed by atoms with van der Waals surface area (Å²) in [7, 11) is 0. The Morgan fingerprint density at radius 2 is 0.692 bits per heavy atom. The van der Waals surface area contributed by atoms with Crippen molar-refractivity contribution in [1.29, 1.82) is 0 Å². The lowest BCUT2D eigenvalue weighted by Gasteiger charge is -2.01. The molecule has 0 aromatic carbocycles. The maximum Gasteiger partial charge on any atom is 0.183 e. The van der Waals surface area contributed by atoms with Gasteiger partial charge in [0.25, 0.3) is 0 Å². The van der Waals surface area contributed by atoms with Crippen LogP contribution in [0, 0.1) is 0 Å². The van der Waals surface area contributed by atoms with Gasteiger partial charge in [0.15, 0.2) is 17.7 Å². The number of rotatable bonds is 18. The second-order valence-corrected chi connectivity index (χ2v) is 11.5. The third-order valence-electron chi connectivity index (χ3n) is 7.05. The lowest BCUT2D eigenvalue weighted by atomic mass is 10.1. The van der Waals surface area contributed by atoms with Crippen LogP contribution in [0.3, 0.4) is 0 Å². The Labute approximate surface area is 241 Å². The Morgan fingerprint density at radius 3 is 0.974 bits per heavy atom. The predicted molar refractivity (Wildman–Crippen MR) is 169 cm³/mol. The summed E-state index contributed by atoms with van der Waals surface area (Å²) in [6.07, 6.45) is 23.0. The number of aliphatic imine (C=N–C) groups is 3. The van der Waals surface area contributed by atoms with Crippen LogP contribution >= 0.6 is 0 Å². The molecule has 0 fully saturated rings. The van der Waals surface area contributed by atoms with E-state index < -0.39 is 0 Å². The Balaban J connectivity index is 0.000000296. The molecule has 0 saturated carbocycles. The summed E-state index contributed by atoms with van der Waals surface area (Å²) in [6.45, 7) is 15.4. The largest absolute Gasteiger partial charge is 0.479 e. The van der Waals surface area contributed by atoms with E-state index in [0.717, 1.165) is 56.8 Å². The Kier molecular flexibility index (Phi) is 22.0. The van der Waals surface area contributed by atoms with Crippen molar-refractivity contribution in [2.75, 3.05) is 19.8 Å². The summed E-state index contributed by atoms with van der Waals surface area (Å²) in [6, 6.07) is 1.18. The fourth-order valence-corrected chi connectivity index (χ4v) is 4.66. The molecular formula is C33H63N3O3. The molecule has 0 aromatic heterocycles. The number of ether oxygens (including phenoxy) is 3. The van der Waals surface area contributed by atoms with E-state index in [1.165, 1.54) is 96.3 Å². The molecule has 6 heteroatoms. The van der Waals surface area contributed by atoms with E-state index in [9.17, 15) is 0 Å². The molecule has 0 saturated heterocycles. The van der Waals surface area contributed by atoms with Gasteiger partial charge in [-0.2, -0.15) is 0 Å². The average molecular weight is 550 g/mol. The molecular weight excluding hydrogens is 486 g/mol. The predicted octanol–water partition coefficient (Wildman–Crippen LogP) is 9.49. The fourth-order valence-electron chi connectivity index (χ4n) is 4.66. The van der Waals surface area contributed by atoms with Crippen molar-refractivity contribution in [2.45, 2.75) is 175 Å². The van der Waals surface area contributed by atoms with Crippen molar-refractivity contribution in [1.82, 2.24) is 0 Å². The zero-order valence-corrected chi connectivity index (χ0v) is 26.6. The first kappa shape index (κ1) is 35.4. The van der Waals surface area contributed by atoms with Gasteiger partial charge < -0.3 is 14.2 Å². The average Bonchev–Trinajstić information content (AvgIpc) is 3.66. The van der Waals surface area contributed by atoms with Gasteiger partial charge in [0.05, 0.1) is 18.1 Å². The maximum atomic E-state index is 5.46. The molecule has 0 aliphatic carbocycles. The molecule has 3 unspecified atom stereocenters. The first-order valence-corrected chi connectivity index (χ1v) is 16.6. The topological polar surface area (TPSA) is 64.8 Å². The summed E-state index contributed by atoms with van der Waals surface area (Å²) in [5.41, 5.74) is 0. The lowest BCUT2D eigenvalue weighted by molar-refractivity contribution is 0.314. The smallest absolute Gasteiger partial charge is 0.183 e. The molecule has 6 nitrogen and oxygen atoms in total. The molecule has 0 spiro atoms. The SMILES string of the molecule is CCCCCC1=NC(C)CO1.CCCCCCCC1=NC(C)CO1.CCCCCCCCCC1=NC(C)CO1. The minimum absolute atomic E-state index is 0.393. The molecule has 3 heterocycles. The Hall–Kier alpha value is -1.59. The zero-order chi connectivity index (χ0) is 28.6. The highest BCUT2D eigenvalue weighted by Gasteiger charge is 2.14. The van der Waals surface area contributed by atoms with Gasteiger partial charge in [-0.25, -0.2) is 15.0 Å². The molecule has 3 aliphatic heterocycles. The van der Waals surface area contributed by atoms with Crippen LogP contribution in [-0.4, -0.2) is 55.6 Å². The number of unbranched alkanes of at least 4 members (excludes halogenated alkanes) is 12. The summed E-state index contributed by atoms with van der Waals surface area (Å²) < 4.78 is 16.2. The molecule has 0 radical (unpaired) electrons. The van der Waals surface area contributed by atoms with E-state index in [4.69, 9.17) is 14.2 Å². The van der Waals surface area contributed by atoms with Gasteiger partial charge in [0.2, 0.25) is 0 Å². The van der Waals surface area contributed by atoms with Crippen LogP contribution in [0.4, 0.5) is 0 Å². The summed E-state index contributed by atoms with van der Waals surface area (Å²) in [5, 5.41) is 0. The number of hydrogen-bond acceptors (Lipinski definition) is 6. The van der Waals surface area contributed by atoms with E-state index in [1.54, 1.807) is 0 Å². The van der Waals surface area contributed by atoms with Gasteiger partial charge in [-0.3, -0.25) is 0 Å². The van der Waals surface area contributed by atoms with Crippen LogP contribution in [0.15, 0.2) is 15.0 Å². The van der Waals surface area contributed by atoms with E-state index in [-0.39, 0.29) is 0 Å². The Bertz CT molecular complexity index is 677. The van der Waals surface area contributed by atoms with Gasteiger partial charge in [0, 0.05) is 19.3 Å². The summed E-state index contributed by atoms with van der Waals surface area (Å²) in [5.74, 6) is 2.96. The summed E-state index contributed by atoms with van der Waals surface area (Å²) >= 11 is 0. The first-order valence-electron chi connectivity index (χ1n) is 16.6. The number of nitrogens with zero attached hydrogens (tertiary/aromatic N) is 3. The highest BCUT2D eigenvalue weighted by Crippen LogP contribution is 2.13. The number of hydrogen-bond donors (Lipinski definition) is 0. The van der Waals surface area contributed by atoms with Gasteiger partial charge in [-0.15, -0.1) is 0 Å². The minimum Gasteiger partial charge on any atom is -0.479 e. The van der Waals surface area contributed by atoms with E-state index >= 15 is 0 Å². The van der Waals surface area contributed by atoms with E-state index in [2.05, 4.69) is 56.5 Å². The van der Waals surface area contributed by atoms with Crippen molar-refractivity contribution >= 4 is 17.7 Å². The molecule has 3 aliphatic rings. The van der Waals surface area contributed by atoms with Gasteiger partial charge in [-0.05, 0) is 40.0 Å². The standard InChI is InChI=1S/C13H25NO.C11H21NO.C9H17NO/c1-3-4-5-6-7-8-9-10-13-14-12(2)11-15-13;1-3-4-5-6-7-8-11-12-10(2)9-13-11;1-3-4-5-6-9-10-8(2)7-11-9/h12H,3-11H2,1-2H3;10H,3-9H2,1-2H3;8H,3-7H2,1-2H3. The van der Waals surface area contributed by atoms with Gasteiger partial charge in [-0.1, -0.05) is 97.8 Å². The quantitative estimate of drug-likeness (QED) is 0.160. The van der Waals surface area contributed by atoms with Crippen LogP contribution < -0.4 is 0 Å². The van der Waals surface area contributed by atoms with Gasteiger partial charge in [0.1, 0.15) is 19.8 Å². The highest BCUT2D eigenvalue weighted by atomic mass is 16.5. The van der Waals surface area contributed by atoms with Crippen LogP contribution in [0.5, 0.6) is 0 Å². The monoisotopic (exact) mass is 549 g/mol. The van der Waals surface area contributed by atoms with Crippen LogP contribution in [0.2, 0.25) is 0 Å². The van der Waals surface area contributed by atoms with Crippen LogP contribution in [-0.2, 0) is 14.2 Å². The minimum atomic E-state index is 0.393. The van der Waals surface area contributed by atoms with Crippen molar-refractivity contribution in [3.05, 3.63) is 0 Å². The van der Waals surface area contributed by atoms with Crippen molar-refractivity contribution in [3.63, 3.8) is 0 Å². The van der Waals surface area contributed by atoms with Crippen molar-refractivity contribution in [3.8, 4) is 0 Å². The highest BCUT2D eigenvalue weighted by molar-refractivity contribution is 5.78. The van der Waals surface area contributed by atoms with E-state index in [1.807, 2.05) is 0 Å². The molecule has 3 rings (SSSR count). The molecule has 0 N–H and O–H groups in total. The summed E-state index contributed by atoms with van der Waals surface area (Å²) in [4.78, 5) is 13.2. The lowest BCUT2D eigenvalue weighted by Crippen LogP contribution is -2.00. The zero-order valence-electron chi connectivity index (χ0n) is 26.6. The second-order valence-electron chi connectivity index (χ2n) is 11.5. The van der Waals surface area contributed by atoms with Crippen molar-refractivity contribution in [2.24, 2.45) is 15.0 Å². The third-order valence-corrected chi connectivity index (χ3v) is 7.05. The van der Waals surface area contributed by atoms with Crippen LogP contribution in [0.25, 0.3) is 0 Å². The first-order chi connectivity index (χ1) is 19.0. The molecule has 0 amide bonds. The Morgan fingerprint density at radius 1 is 0.436 bits per heavy atom. The maximum absolute atomic E-state index is 5.46. The van der Waals surface area contributed by atoms with Crippen LogP contribution in [0.1, 0.15) is 157 Å². The van der Waals surface area contributed by atoms with Crippen molar-refractivity contribution < 1.29 is 14.2 Å². The normalized spacial score (nSPS) is 21.4. The van der Waals surface area contributed by atoms with Gasteiger partial charge >= 0.3 is 0 Å². The third kappa shape index (κ3) is 20.0. The fraction of sp³-hybridized carbons (Fsp3) is 0.909. The molecule has 0 bridgehead atoms. The molecule has 0 aromatic rings.